The lowest BCUT2D eigenvalue weighted by atomic mass is 10.0. The van der Waals surface area contributed by atoms with Crippen LogP contribution in [0.3, 0.4) is 0 Å². The Hall–Kier alpha value is -2.01. The van der Waals surface area contributed by atoms with Gasteiger partial charge in [0.1, 0.15) is 11.5 Å². The number of ketones is 1. The van der Waals surface area contributed by atoms with Crippen LogP contribution in [0.4, 0.5) is 5.69 Å². The molecule has 0 atom stereocenters. The molecular weight excluding hydrogens is 322 g/mol. The molecule has 0 amide bonds. The number of hydrogen-bond acceptors (Lipinski definition) is 4. The minimum atomic E-state index is -0.155. The highest BCUT2D eigenvalue weighted by Gasteiger charge is 2.16. The molecule has 0 radical (unpaired) electrons. The Balaban J connectivity index is 2.47. The second-order valence-corrected chi connectivity index (χ2v) is 5.08. The van der Waals surface area contributed by atoms with Gasteiger partial charge in [0.25, 0.3) is 0 Å². The topological polar surface area (TPSA) is 61.5 Å². The summed E-state index contributed by atoms with van der Waals surface area (Å²) in [5.74, 6) is 0.942. The molecule has 20 heavy (non-hydrogen) atoms. The summed E-state index contributed by atoms with van der Waals surface area (Å²) >= 11 is 3.33. The first-order valence-corrected chi connectivity index (χ1v) is 6.67. The number of methoxy groups -OCH3 is 2. The lowest BCUT2D eigenvalue weighted by molar-refractivity contribution is 0.103. The highest BCUT2D eigenvalue weighted by Crippen LogP contribution is 2.28. The minimum Gasteiger partial charge on any atom is -0.497 e. The van der Waals surface area contributed by atoms with E-state index >= 15 is 0 Å². The van der Waals surface area contributed by atoms with Gasteiger partial charge >= 0.3 is 0 Å². The number of nitrogens with two attached hydrogens (primary N) is 1. The number of anilines is 1. The fourth-order valence-electron chi connectivity index (χ4n) is 1.89. The molecule has 2 N–H and O–H groups in total. The van der Waals surface area contributed by atoms with Crippen molar-refractivity contribution in [3.05, 3.63) is 52.0 Å². The third kappa shape index (κ3) is 2.93. The van der Waals surface area contributed by atoms with Crippen molar-refractivity contribution in [3.63, 3.8) is 0 Å². The Morgan fingerprint density at radius 3 is 2.45 bits per heavy atom. The zero-order chi connectivity index (χ0) is 14.7. The van der Waals surface area contributed by atoms with Crippen LogP contribution in [0.2, 0.25) is 0 Å². The summed E-state index contributed by atoms with van der Waals surface area (Å²) in [6.45, 7) is 0. The molecule has 0 aliphatic rings. The first-order valence-electron chi connectivity index (χ1n) is 5.88. The second-order valence-electron chi connectivity index (χ2n) is 4.17. The lowest BCUT2D eigenvalue weighted by Gasteiger charge is -2.10. The van der Waals surface area contributed by atoms with E-state index in [1.165, 1.54) is 7.11 Å². The third-order valence-electron chi connectivity index (χ3n) is 2.84. The SMILES string of the molecule is COc1ccc(C(=O)c2cc(N)cc(Br)c2)c(OC)c1. The predicted molar refractivity (Wildman–Crippen MR) is 81.5 cm³/mol. The summed E-state index contributed by atoms with van der Waals surface area (Å²) in [5.41, 5.74) is 7.25. The van der Waals surface area contributed by atoms with E-state index < -0.39 is 0 Å². The lowest BCUT2D eigenvalue weighted by Crippen LogP contribution is -2.05. The van der Waals surface area contributed by atoms with Gasteiger partial charge in [-0.25, -0.2) is 0 Å². The van der Waals surface area contributed by atoms with Crippen LogP contribution < -0.4 is 15.2 Å². The highest BCUT2D eigenvalue weighted by atomic mass is 79.9. The Bertz CT molecular complexity index is 635. The van der Waals surface area contributed by atoms with Gasteiger partial charge in [0.05, 0.1) is 19.8 Å². The van der Waals surface area contributed by atoms with E-state index in [4.69, 9.17) is 15.2 Å². The molecule has 0 aliphatic heterocycles. The third-order valence-corrected chi connectivity index (χ3v) is 3.29. The summed E-state index contributed by atoms with van der Waals surface area (Å²) in [6, 6.07) is 10.2. The number of hydrogen-bond donors (Lipinski definition) is 1. The van der Waals surface area contributed by atoms with Gasteiger partial charge in [-0.15, -0.1) is 0 Å². The molecule has 0 bridgehead atoms. The first kappa shape index (κ1) is 14.4. The molecular formula is C15H14BrNO3. The van der Waals surface area contributed by atoms with E-state index in [0.717, 1.165) is 4.47 Å². The van der Waals surface area contributed by atoms with Gasteiger partial charge in [0.15, 0.2) is 5.78 Å². The molecule has 0 saturated carbocycles. The summed E-state index contributed by atoms with van der Waals surface area (Å²) < 4.78 is 11.1. The number of rotatable bonds is 4. The molecule has 0 fully saturated rings. The molecule has 2 aromatic carbocycles. The van der Waals surface area contributed by atoms with Crippen LogP contribution in [0.5, 0.6) is 11.5 Å². The van der Waals surface area contributed by atoms with Crippen LogP contribution in [0.1, 0.15) is 15.9 Å². The largest absolute Gasteiger partial charge is 0.497 e. The second kappa shape index (κ2) is 5.96. The maximum Gasteiger partial charge on any atom is 0.196 e. The van der Waals surface area contributed by atoms with Gasteiger partial charge < -0.3 is 15.2 Å². The molecule has 104 valence electrons. The van der Waals surface area contributed by atoms with Crippen molar-refractivity contribution in [2.75, 3.05) is 20.0 Å². The molecule has 2 aromatic rings. The van der Waals surface area contributed by atoms with Crippen molar-refractivity contribution < 1.29 is 14.3 Å². The number of benzene rings is 2. The zero-order valence-electron chi connectivity index (χ0n) is 11.1. The monoisotopic (exact) mass is 335 g/mol. The van der Waals surface area contributed by atoms with Crippen molar-refractivity contribution in [3.8, 4) is 11.5 Å². The average Bonchev–Trinajstić information content (AvgIpc) is 2.44. The van der Waals surface area contributed by atoms with Crippen LogP contribution in [0.25, 0.3) is 0 Å². The van der Waals surface area contributed by atoms with Crippen LogP contribution in [0, 0.1) is 0 Å². The fourth-order valence-corrected chi connectivity index (χ4v) is 2.40. The van der Waals surface area contributed by atoms with Gasteiger partial charge in [-0.05, 0) is 30.3 Å². The van der Waals surface area contributed by atoms with Crippen LogP contribution in [0.15, 0.2) is 40.9 Å². The van der Waals surface area contributed by atoms with Gasteiger partial charge in [0.2, 0.25) is 0 Å². The summed E-state index contributed by atoms with van der Waals surface area (Å²) in [6.07, 6.45) is 0. The standard InChI is InChI=1S/C15H14BrNO3/c1-19-12-3-4-13(14(8-12)20-2)15(18)9-5-10(16)7-11(17)6-9/h3-8H,17H2,1-2H3. The van der Waals surface area contributed by atoms with Crippen LogP contribution >= 0.6 is 15.9 Å². The molecule has 0 heterocycles. The summed E-state index contributed by atoms with van der Waals surface area (Å²) in [4.78, 5) is 12.5. The Morgan fingerprint density at radius 2 is 1.85 bits per heavy atom. The molecule has 0 aliphatic carbocycles. The van der Waals surface area contributed by atoms with Crippen molar-refractivity contribution in [1.29, 1.82) is 0 Å². The smallest absolute Gasteiger partial charge is 0.196 e. The van der Waals surface area contributed by atoms with Gasteiger partial charge in [-0.1, -0.05) is 15.9 Å². The number of carbonyl (C=O) groups is 1. The summed E-state index contributed by atoms with van der Waals surface area (Å²) in [7, 11) is 3.08. The molecule has 5 heteroatoms. The van der Waals surface area contributed by atoms with E-state index in [1.54, 1.807) is 43.5 Å². The van der Waals surface area contributed by atoms with E-state index in [0.29, 0.717) is 28.3 Å². The number of carbonyl (C=O) groups excluding carboxylic acids is 1. The molecule has 0 spiro atoms. The first-order chi connectivity index (χ1) is 9.55. The quantitative estimate of drug-likeness (QED) is 0.688. The van der Waals surface area contributed by atoms with Crippen molar-refractivity contribution in [1.82, 2.24) is 0 Å². The van der Waals surface area contributed by atoms with Crippen LogP contribution in [-0.4, -0.2) is 20.0 Å². The van der Waals surface area contributed by atoms with Gasteiger partial charge in [0, 0.05) is 21.8 Å². The Morgan fingerprint density at radius 1 is 1.10 bits per heavy atom. The number of nitrogen functional groups attached to an aromatic ring is 1. The minimum absolute atomic E-state index is 0.155. The highest BCUT2D eigenvalue weighted by molar-refractivity contribution is 9.10. The van der Waals surface area contributed by atoms with Gasteiger partial charge in [-0.2, -0.15) is 0 Å². The molecule has 0 unspecified atom stereocenters. The average molecular weight is 336 g/mol. The fraction of sp³-hybridized carbons (Fsp3) is 0.133. The molecule has 0 aromatic heterocycles. The predicted octanol–water partition coefficient (Wildman–Crippen LogP) is 3.28. The van der Waals surface area contributed by atoms with Crippen LogP contribution in [-0.2, 0) is 0 Å². The van der Waals surface area contributed by atoms with E-state index in [9.17, 15) is 4.79 Å². The normalized spacial score (nSPS) is 10.2. The molecule has 4 nitrogen and oxygen atoms in total. The molecule has 2 rings (SSSR count). The zero-order valence-corrected chi connectivity index (χ0v) is 12.7. The maximum absolute atomic E-state index is 12.5. The number of ether oxygens (including phenoxy) is 2. The summed E-state index contributed by atoms with van der Waals surface area (Å²) in [5, 5.41) is 0. The number of halogens is 1. The van der Waals surface area contributed by atoms with Crippen molar-refractivity contribution >= 4 is 27.4 Å². The maximum atomic E-state index is 12.5. The van der Waals surface area contributed by atoms with Crippen molar-refractivity contribution in [2.24, 2.45) is 0 Å². The van der Waals surface area contributed by atoms with E-state index in [-0.39, 0.29) is 5.78 Å². The van der Waals surface area contributed by atoms with Crippen molar-refractivity contribution in [2.45, 2.75) is 0 Å². The Kier molecular flexibility index (Phi) is 4.29. The Labute approximate surface area is 125 Å². The van der Waals surface area contributed by atoms with E-state index in [2.05, 4.69) is 15.9 Å². The molecule has 0 saturated heterocycles. The van der Waals surface area contributed by atoms with Gasteiger partial charge in [-0.3, -0.25) is 4.79 Å². The van der Waals surface area contributed by atoms with E-state index in [1.807, 2.05) is 0 Å².